The molecule has 0 unspecified atom stereocenters. The maximum Gasteiger partial charge on any atom is 0.305 e. The Kier molecular flexibility index (Phi) is 4.72. The van der Waals surface area contributed by atoms with Crippen molar-refractivity contribution in [1.29, 1.82) is 0 Å². The first-order valence-corrected chi connectivity index (χ1v) is 6.73. The van der Waals surface area contributed by atoms with Gasteiger partial charge in [-0.05, 0) is 31.2 Å². The lowest BCUT2D eigenvalue weighted by atomic mass is 10.1. The van der Waals surface area contributed by atoms with Gasteiger partial charge in [-0.2, -0.15) is 0 Å². The van der Waals surface area contributed by atoms with E-state index < -0.39 is 5.97 Å². The number of carbonyl (C=O) groups is 2. The molecule has 2 aromatic carbocycles. The van der Waals surface area contributed by atoms with E-state index in [2.05, 4.69) is 0 Å². The highest BCUT2D eigenvalue weighted by Crippen LogP contribution is 2.17. The van der Waals surface area contributed by atoms with Crippen molar-refractivity contribution in [3.05, 3.63) is 65.7 Å². The maximum atomic E-state index is 12.6. The number of nitrogens with zero attached hydrogens (tertiary/aromatic N) is 1. The van der Waals surface area contributed by atoms with Gasteiger partial charge in [-0.1, -0.05) is 35.9 Å². The predicted octanol–water partition coefficient (Wildman–Crippen LogP) is 3.12. The quantitative estimate of drug-likeness (QED) is 0.917. The summed E-state index contributed by atoms with van der Waals surface area (Å²) >= 11 is 0. The van der Waals surface area contributed by atoms with E-state index in [0.717, 1.165) is 5.56 Å². The number of carbonyl (C=O) groups excluding carboxylic acids is 1. The largest absolute Gasteiger partial charge is 0.481 e. The van der Waals surface area contributed by atoms with Crippen LogP contribution in [-0.4, -0.2) is 23.5 Å². The standard InChI is InChI=1S/C17H17NO3/c1-13-7-9-14(10-8-13)17(21)18(12-11-16(19)20)15-5-3-2-4-6-15/h2-10H,11-12H2,1H3,(H,19,20). The molecule has 0 aromatic heterocycles. The molecule has 1 amide bonds. The number of hydrogen-bond donors (Lipinski definition) is 1. The molecule has 0 fully saturated rings. The molecule has 108 valence electrons. The summed E-state index contributed by atoms with van der Waals surface area (Å²) in [4.78, 5) is 24.9. The van der Waals surface area contributed by atoms with Crippen molar-refractivity contribution < 1.29 is 14.7 Å². The van der Waals surface area contributed by atoms with Crippen LogP contribution < -0.4 is 4.90 Å². The van der Waals surface area contributed by atoms with Gasteiger partial charge in [0.1, 0.15) is 0 Å². The molecule has 2 rings (SSSR count). The Bertz CT molecular complexity index is 620. The van der Waals surface area contributed by atoms with Crippen LogP contribution in [0.5, 0.6) is 0 Å². The summed E-state index contributed by atoms with van der Waals surface area (Å²) < 4.78 is 0. The molecule has 0 saturated carbocycles. The van der Waals surface area contributed by atoms with Gasteiger partial charge in [0.05, 0.1) is 6.42 Å². The van der Waals surface area contributed by atoms with Crippen molar-refractivity contribution in [3.63, 3.8) is 0 Å². The number of carboxylic acids is 1. The number of anilines is 1. The minimum Gasteiger partial charge on any atom is -0.481 e. The molecular formula is C17H17NO3. The second-order valence-corrected chi connectivity index (χ2v) is 4.80. The lowest BCUT2D eigenvalue weighted by molar-refractivity contribution is -0.136. The molecule has 0 radical (unpaired) electrons. The minimum atomic E-state index is -0.923. The highest BCUT2D eigenvalue weighted by molar-refractivity contribution is 6.06. The highest BCUT2D eigenvalue weighted by atomic mass is 16.4. The van der Waals surface area contributed by atoms with E-state index in [1.54, 1.807) is 24.3 Å². The zero-order valence-electron chi connectivity index (χ0n) is 11.8. The highest BCUT2D eigenvalue weighted by Gasteiger charge is 2.18. The summed E-state index contributed by atoms with van der Waals surface area (Å²) in [5.41, 5.74) is 2.32. The third kappa shape index (κ3) is 3.92. The minimum absolute atomic E-state index is 0.0908. The lowest BCUT2D eigenvalue weighted by Crippen LogP contribution is -2.33. The molecule has 0 aliphatic rings. The molecule has 0 aliphatic carbocycles. The van der Waals surface area contributed by atoms with Crippen LogP contribution in [0.15, 0.2) is 54.6 Å². The molecule has 0 atom stereocenters. The van der Waals surface area contributed by atoms with E-state index in [9.17, 15) is 9.59 Å². The first-order chi connectivity index (χ1) is 10.1. The zero-order valence-corrected chi connectivity index (χ0v) is 11.8. The summed E-state index contributed by atoms with van der Waals surface area (Å²) in [5, 5.41) is 8.86. The van der Waals surface area contributed by atoms with E-state index in [1.165, 1.54) is 4.90 Å². The van der Waals surface area contributed by atoms with E-state index in [1.807, 2.05) is 37.3 Å². The maximum absolute atomic E-state index is 12.6. The average Bonchev–Trinajstić information content (AvgIpc) is 2.49. The van der Waals surface area contributed by atoms with E-state index in [4.69, 9.17) is 5.11 Å². The Morgan fingerprint density at radius 3 is 2.19 bits per heavy atom. The molecule has 2 aromatic rings. The predicted molar refractivity (Wildman–Crippen MR) is 81.6 cm³/mol. The smallest absolute Gasteiger partial charge is 0.305 e. The Morgan fingerprint density at radius 2 is 1.62 bits per heavy atom. The Morgan fingerprint density at radius 1 is 1.00 bits per heavy atom. The van der Waals surface area contributed by atoms with Gasteiger partial charge in [-0.25, -0.2) is 0 Å². The van der Waals surface area contributed by atoms with Crippen LogP contribution in [-0.2, 0) is 4.79 Å². The normalized spacial score (nSPS) is 10.1. The monoisotopic (exact) mass is 283 g/mol. The molecular weight excluding hydrogens is 266 g/mol. The number of benzene rings is 2. The lowest BCUT2D eigenvalue weighted by Gasteiger charge is -2.22. The first kappa shape index (κ1) is 14.8. The van der Waals surface area contributed by atoms with Gasteiger partial charge in [0.25, 0.3) is 5.91 Å². The molecule has 4 nitrogen and oxygen atoms in total. The fourth-order valence-corrected chi connectivity index (χ4v) is 2.02. The van der Waals surface area contributed by atoms with Crippen LogP contribution in [0.1, 0.15) is 22.3 Å². The van der Waals surface area contributed by atoms with Crippen molar-refractivity contribution >= 4 is 17.6 Å². The molecule has 0 bridgehead atoms. The summed E-state index contributed by atoms with van der Waals surface area (Å²) in [5.74, 6) is -1.12. The van der Waals surface area contributed by atoms with Gasteiger partial charge >= 0.3 is 5.97 Å². The van der Waals surface area contributed by atoms with E-state index in [0.29, 0.717) is 11.3 Å². The second kappa shape index (κ2) is 6.70. The van der Waals surface area contributed by atoms with E-state index in [-0.39, 0.29) is 18.9 Å². The van der Waals surface area contributed by atoms with Crippen LogP contribution in [0.4, 0.5) is 5.69 Å². The Labute approximate surface area is 123 Å². The zero-order chi connectivity index (χ0) is 15.2. The van der Waals surface area contributed by atoms with Crippen molar-refractivity contribution in [2.24, 2.45) is 0 Å². The number of para-hydroxylation sites is 1. The number of rotatable bonds is 5. The summed E-state index contributed by atoms with van der Waals surface area (Å²) in [6.45, 7) is 2.10. The number of aliphatic carboxylic acids is 1. The van der Waals surface area contributed by atoms with Crippen molar-refractivity contribution in [1.82, 2.24) is 0 Å². The van der Waals surface area contributed by atoms with Gasteiger partial charge in [-0.15, -0.1) is 0 Å². The van der Waals surface area contributed by atoms with Gasteiger partial charge in [0.2, 0.25) is 0 Å². The van der Waals surface area contributed by atoms with Crippen LogP contribution in [0.2, 0.25) is 0 Å². The molecule has 0 saturated heterocycles. The number of aryl methyl sites for hydroxylation is 1. The summed E-state index contributed by atoms with van der Waals surface area (Å²) in [6.07, 6.45) is -0.0908. The third-order valence-corrected chi connectivity index (χ3v) is 3.16. The fourth-order valence-electron chi connectivity index (χ4n) is 2.02. The Balaban J connectivity index is 2.28. The topological polar surface area (TPSA) is 57.6 Å². The summed E-state index contributed by atoms with van der Waals surface area (Å²) in [7, 11) is 0. The molecule has 0 aliphatic heterocycles. The SMILES string of the molecule is Cc1ccc(C(=O)N(CCC(=O)O)c2ccccc2)cc1. The van der Waals surface area contributed by atoms with Crippen LogP contribution in [0, 0.1) is 6.92 Å². The van der Waals surface area contributed by atoms with Crippen LogP contribution in [0.25, 0.3) is 0 Å². The van der Waals surface area contributed by atoms with Gasteiger partial charge in [0.15, 0.2) is 0 Å². The molecule has 0 spiro atoms. The third-order valence-electron chi connectivity index (χ3n) is 3.16. The summed E-state index contributed by atoms with van der Waals surface area (Å²) in [6, 6.07) is 16.4. The number of amides is 1. The van der Waals surface area contributed by atoms with Gasteiger partial charge in [0, 0.05) is 17.8 Å². The van der Waals surface area contributed by atoms with Crippen molar-refractivity contribution in [3.8, 4) is 0 Å². The second-order valence-electron chi connectivity index (χ2n) is 4.80. The van der Waals surface area contributed by atoms with Gasteiger partial charge < -0.3 is 10.0 Å². The fraction of sp³-hybridized carbons (Fsp3) is 0.176. The molecule has 4 heteroatoms. The van der Waals surface area contributed by atoms with Crippen molar-refractivity contribution in [2.45, 2.75) is 13.3 Å². The Hall–Kier alpha value is -2.62. The van der Waals surface area contributed by atoms with Gasteiger partial charge in [-0.3, -0.25) is 9.59 Å². The van der Waals surface area contributed by atoms with Crippen LogP contribution >= 0.6 is 0 Å². The van der Waals surface area contributed by atoms with Crippen LogP contribution in [0.3, 0.4) is 0 Å². The number of carboxylic acid groups (broad SMARTS) is 1. The first-order valence-electron chi connectivity index (χ1n) is 6.73. The number of hydrogen-bond acceptors (Lipinski definition) is 2. The van der Waals surface area contributed by atoms with E-state index >= 15 is 0 Å². The molecule has 1 N–H and O–H groups in total. The van der Waals surface area contributed by atoms with Crippen molar-refractivity contribution in [2.75, 3.05) is 11.4 Å². The average molecular weight is 283 g/mol. The molecule has 21 heavy (non-hydrogen) atoms. The molecule has 0 heterocycles.